The minimum atomic E-state index is 0.104. The lowest BCUT2D eigenvalue weighted by molar-refractivity contribution is -0.119. The molecular formula is C6H9NOS. The summed E-state index contributed by atoms with van der Waals surface area (Å²) in [6.07, 6.45) is 0.884. The van der Waals surface area contributed by atoms with Gasteiger partial charge in [0.1, 0.15) is 0 Å². The molecule has 0 aromatic heterocycles. The van der Waals surface area contributed by atoms with Crippen LogP contribution in [0.2, 0.25) is 0 Å². The van der Waals surface area contributed by atoms with E-state index < -0.39 is 0 Å². The molecule has 1 atom stereocenters. The molecule has 3 heteroatoms. The van der Waals surface area contributed by atoms with E-state index in [0.717, 1.165) is 11.4 Å². The molecule has 1 unspecified atom stereocenters. The monoisotopic (exact) mass is 143 g/mol. The predicted molar refractivity (Wildman–Crippen MR) is 39.0 cm³/mol. The quantitative estimate of drug-likeness (QED) is 0.595. The summed E-state index contributed by atoms with van der Waals surface area (Å²) >= 11 is 1.52. The van der Waals surface area contributed by atoms with Crippen LogP contribution in [0.4, 0.5) is 0 Å². The molecule has 0 spiro atoms. The Labute approximate surface area is 58.7 Å². The highest BCUT2D eigenvalue weighted by Crippen LogP contribution is 2.26. The van der Waals surface area contributed by atoms with Crippen molar-refractivity contribution in [3.63, 3.8) is 0 Å². The molecule has 1 rings (SSSR count). The highest BCUT2D eigenvalue weighted by atomic mass is 32.2. The number of rotatable bonds is 1. The van der Waals surface area contributed by atoms with Crippen molar-refractivity contribution in [2.75, 3.05) is 0 Å². The van der Waals surface area contributed by atoms with E-state index in [4.69, 9.17) is 0 Å². The van der Waals surface area contributed by atoms with Crippen LogP contribution < -0.4 is 5.32 Å². The van der Waals surface area contributed by atoms with Gasteiger partial charge in [0.25, 0.3) is 0 Å². The van der Waals surface area contributed by atoms with Crippen LogP contribution in [0, 0.1) is 0 Å². The van der Waals surface area contributed by atoms with Crippen molar-refractivity contribution >= 4 is 17.7 Å². The lowest BCUT2D eigenvalue weighted by Gasteiger charge is -1.95. The van der Waals surface area contributed by atoms with E-state index in [1.807, 2.05) is 6.92 Å². The molecule has 1 amide bonds. The third kappa shape index (κ3) is 1.27. The standard InChI is InChI=1S/C6H9NOS/c1-3-5-6(8)7-4(2)9-5/h5H,2-3H2,1H3,(H,7,8). The van der Waals surface area contributed by atoms with Gasteiger partial charge in [0.2, 0.25) is 5.91 Å². The van der Waals surface area contributed by atoms with Crippen molar-refractivity contribution in [1.29, 1.82) is 0 Å². The van der Waals surface area contributed by atoms with Gasteiger partial charge in [0.05, 0.1) is 10.3 Å². The second-order valence-corrected chi connectivity index (χ2v) is 3.22. The number of amides is 1. The average Bonchev–Trinajstić information content (AvgIpc) is 2.10. The third-order valence-electron chi connectivity index (χ3n) is 1.21. The predicted octanol–water partition coefficient (Wildman–Crippen LogP) is 1.10. The molecule has 0 aromatic rings. The van der Waals surface area contributed by atoms with Gasteiger partial charge < -0.3 is 5.32 Å². The number of carbonyl (C=O) groups excluding carboxylic acids is 1. The van der Waals surface area contributed by atoms with Crippen LogP contribution >= 0.6 is 11.8 Å². The van der Waals surface area contributed by atoms with Crippen LogP contribution in [0.1, 0.15) is 13.3 Å². The lowest BCUT2D eigenvalue weighted by Crippen LogP contribution is -2.20. The Balaban J connectivity index is 2.58. The molecule has 2 nitrogen and oxygen atoms in total. The molecule has 50 valence electrons. The first-order valence-electron chi connectivity index (χ1n) is 2.90. The summed E-state index contributed by atoms with van der Waals surface area (Å²) in [5.41, 5.74) is 0. The number of carbonyl (C=O) groups is 1. The van der Waals surface area contributed by atoms with Gasteiger partial charge in [-0.1, -0.05) is 25.3 Å². The Hall–Kier alpha value is -0.440. The Bertz CT molecular complexity index is 155. The smallest absolute Gasteiger partial charge is 0.238 e. The average molecular weight is 143 g/mol. The van der Waals surface area contributed by atoms with Crippen molar-refractivity contribution in [3.8, 4) is 0 Å². The summed E-state index contributed by atoms with van der Waals surface area (Å²) in [5.74, 6) is 0.104. The zero-order valence-corrected chi connectivity index (χ0v) is 6.12. The first-order chi connectivity index (χ1) is 4.24. The zero-order valence-electron chi connectivity index (χ0n) is 5.31. The molecule has 0 aromatic carbocycles. The molecule has 1 N–H and O–H groups in total. The van der Waals surface area contributed by atoms with E-state index in [-0.39, 0.29) is 11.2 Å². The summed E-state index contributed by atoms with van der Waals surface area (Å²) in [4.78, 5) is 10.8. The van der Waals surface area contributed by atoms with Gasteiger partial charge in [-0.2, -0.15) is 0 Å². The Kier molecular flexibility index (Phi) is 1.81. The van der Waals surface area contributed by atoms with Gasteiger partial charge in [-0.25, -0.2) is 0 Å². The van der Waals surface area contributed by atoms with Crippen molar-refractivity contribution in [3.05, 3.63) is 11.6 Å². The van der Waals surface area contributed by atoms with Crippen LogP contribution in [0.5, 0.6) is 0 Å². The second-order valence-electron chi connectivity index (χ2n) is 1.93. The summed E-state index contributed by atoms with van der Waals surface area (Å²) < 4.78 is 0. The van der Waals surface area contributed by atoms with Gasteiger partial charge in [-0.3, -0.25) is 4.79 Å². The fraction of sp³-hybridized carbons (Fsp3) is 0.500. The molecule has 1 aliphatic rings. The van der Waals surface area contributed by atoms with Crippen molar-refractivity contribution < 1.29 is 4.79 Å². The Morgan fingerprint density at radius 1 is 1.89 bits per heavy atom. The van der Waals surface area contributed by atoms with Crippen LogP contribution in [-0.2, 0) is 4.79 Å². The van der Waals surface area contributed by atoms with Gasteiger partial charge in [0, 0.05) is 0 Å². The minimum Gasteiger partial charge on any atom is -0.320 e. The molecule has 0 bridgehead atoms. The maximum absolute atomic E-state index is 10.8. The Morgan fingerprint density at radius 2 is 2.56 bits per heavy atom. The van der Waals surface area contributed by atoms with Crippen LogP contribution in [-0.4, -0.2) is 11.2 Å². The molecule has 0 saturated carbocycles. The number of hydrogen-bond acceptors (Lipinski definition) is 2. The van der Waals surface area contributed by atoms with Crippen LogP contribution in [0.25, 0.3) is 0 Å². The summed E-state index contributed by atoms with van der Waals surface area (Å²) in [7, 11) is 0. The molecule has 1 aliphatic heterocycles. The fourth-order valence-corrected chi connectivity index (χ4v) is 1.58. The largest absolute Gasteiger partial charge is 0.320 e. The van der Waals surface area contributed by atoms with E-state index in [0.29, 0.717) is 0 Å². The van der Waals surface area contributed by atoms with Crippen molar-refractivity contribution in [2.24, 2.45) is 0 Å². The third-order valence-corrected chi connectivity index (χ3v) is 2.43. The molecule has 1 heterocycles. The first kappa shape index (κ1) is 6.68. The number of hydrogen-bond donors (Lipinski definition) is 1. The van der Waals surface area contributed by atoms with Gasteiger partial charge >= 0.3 is 0 Å². The SMILES string of the molecule is C=C1NC(=O)C(CC)S1. The lowest BCUT2D eigenvalue weighted by atomic mass is 10.3. The van der Waals surface area contributed by atoms with Crippen molar-refractivity contribution in [2.45, 2.75) is 18.6 Å². The summed E-state index contributed by atoms with van der Waals surface area (Å²) in [6, 6.07) is 0. The normalized spacial score (nSPS) is 26.6. The minimum absolute atomic E-state index is 0.104. The van der Waals surface area contributed by atoms with Crippen LogP contribution in [0.15, 0.2) is 11.6 Å². The topological polar surface area (TPSA) is 29.1 Å². The molecule has 0 radical (unpaired) electrons. The molecular weight excluding hydrogens is 134 g/mol. The zero-order chi connectivity index (χ0) is 6.85. The molecule has 0 aliphatic carbocycles. The summed E-state index contributed by atoms with van der Waals surface area (Å²) in [6.45, 7) is 5.63. The van der Waals surface area contributed by atoms with E-state index in [1.54, 1.807) is 0 Å². The van der Waals surface area contributed by atoms with Gasteiger partial charge in [0.15, 0.2) is 0 Å². The number of nitrogens with one attached hydrogen (secondary N) is 1. The van der Waals surface area contributed by atoms with Gasteiger partial charge in [-0.15, -0.1) is 0 Å². The summed E-state index contributed by atoms with van der Waals surface area (Å²) in [5, 5.41) is 3.54. The molecule has 9 heavy (non-hydrogen) atoms. The second kappa shape index (κ2) is 2.43. The molecule has 1 fully saturated rings. The maximum Gasteiger partial charge on any atom is 0.238 e. The van der Waals surface area contributed by atoms with Crippen molar-refractivity contribution in [1.82, 2.24) is 5.32 Å². The van der Waals surface area contributed by atoms with Gasteiger partial charge in [-0.05, 0) is 6.42 Å². The van der Waals surface area contributed by atoms with E-state index in [9.17, 15) is 4.79 Å². The molecule has 1 saturated heterocycles. The Morgan fingerprint density at radius 3 is 2.78 bits per heavy atom. The number of thioether (sulfide) groups is 1. The highest BCUT2D eigenvalue weighted by Gasteiger charge is 2.25. The van der Waals surface area contributed by atoms with E-state index in [2.05, 4.69) is 11.9 Å². The first-order valence-corrected chi connectivity index (χ1v) is 3.78. The fourth-order valence-electron chi connectivity index (χ4n) is 0.741. The van der Waals surface area contributed by atoms with E-state index in [1.165, 1.54) is 11.8 Å². The van der Waals surface area contributed by atoms with Crippen LogP contribution in [0.3, 0.4) is 0 Å². The highest BCUT2D eigenvalue weighted by molar-refractivity contribution is 8.04. The maximum atomic E-state index is 10.8. The van der Waals surface area contributed by atoms with E-state index >= 15 is 0 Å².